The van der Waals surface area contributed by atoms with Gasteiger partial charge in [0.25, 0.3) is 0 Å². The van der Waals surface area contributed by atoms with Crippen molar-refractivity contribution in [1.29, 1.82) is 0 Å². The highest BCUT2D eigenvalue weighted by molar-refractivity contribution is 5.46. The molecule has 0 heteroatoms. The molecule has 0 atom stereocenters. The van der Waals surface area contributed by atoms with Crippen LogP contribution >= 0.6 is 0 Å². The van der Waals surface area contributed by atoms with E-state index < -0.39 is 0 Å². The summed E-state index contributed by atoms with van der Waals surface area (Å²) in [5.41, 5.74) is 1.46. The minimum absolute atomic E-state index is 1.46. The summed E-state index contributed by atoms with van der Waals surface area (Å²) in [5.74, 6) is 1.46. The maximum absolute atomic E-state index is 2.17. The van der Waals surface area contributed by atoms with Crippen LogP contribution in [0.15, 0.2) is 11.6 Å². The van der Waals surface area contributed by atoms with Crippen LogP contribution in [-0.2, 0) is 0 Å². The maximum atomic E-state index is 2.17. The molecule has 0 saturated heterocycles. The van der Waals surface area contributed by atoms with E-state index in [1.807, 2.05) is 0 Å². The fourth-order valence-corrected chi connectivity index (χ4v) is 0.289. The van der Waals surface area contributed by atoms with E-state index in [-0.39, 0.29) is 0 Å². The van der Waals surface area contributed by atoms with Gasteiger partial charge in [-0.05, 0) is 6.92 Å². The first-order valence-electron chi connectivity index (χ1n) is 1.83. The molecule has 0 N–H and O–H groups in total. The minimum Gasteiger partial charge on any atom is -0.0735 e. The van der Waals surface area contributed by atoms with Crippen LogP contribution in [0.3, 0.4) is 0 Å². The van der Waals surface area contributed by atoms with Gasteiger partial charge in [0.05, 0.1) is 0 Å². The molecular formula is C5H7. The maximum Gasteiger partial charge on any atom is 0.0188 e. The summed E-state index contributed by atoms with van der Waals surface area (Å²) in [7, 11) is 0. The average molecular weight is 67.1 g/mol. The highest BCUT2D eigenvalue weighted by Gasteiger charge is 2.12. The van der Waals surface area contributed by atoms with Gasteiger partial charge in [-0.25, -0.2) is 0 Å². The largest absolute Gasteiger partial charge is 0.0735 e. The van der Waals surface area contributed by atoms with Crippen molar-refractivity contribution in [2.24, 2.45) is 0 Å². The predicted molar refractivity (Wildman–Crippen MR) is 22.7 cm³/mol. The molecule has 1 radical (unpaired) electrons. The minimum atomic E-state index is 1.46. The molecule has 0 aromatic carbocycles. The van der Waals surface area contributed by atoms with Gasteiger partial charge in [-0.1, -0.05) is 18.6 Å². The predicted octanol–water partition coefficient (Wildman–Crippen LogP) is 1.54. The Morgan fingerprint density at radius 1 is 1.40 bits per heavy atom. The molecule has 1 aliphatic carbocycles. The van der Waals surface area contributed by atoms with Gasteiger partial charge in [0, 0.05) is 5.92 Å². The number of hydrogen-bond donors (Lipinski definition) is 0. The Hall–Kier alpha value is -0.260. The Morgan fingerprint density at radius 3 is 1.60 bits per heavy atom. The monoisotopic (exact) mass is 67.1 g/mol. The fraction of sp³-hybridized carbons (Fsp3) is 0.400. The van der Waals surface area contributed by atoms with Gasteiger partial charge < -0.3 is 0 Å². The molecule has 0 nitrogen and oxygen atoms in total. The smallest absolute Gasteiger partial charge is 0.0188 e. The van der Waals surface area contributed by atoms with E-state index in [1.165, 1.54) is 11.5 Å². The zero-order chi connectivity index (χ0) is 3.86. The first-order valence-corrected chi connectivity index (χ1v) is 1.83. The Labute approximate surface area is 32.5 Å². The lowest BCUT2D eigenvalue weighted by Crippen LogP contribution is -1.53. The molecule has 0 aliphatic heterocycles. The summed E-state index contributed by atoms with van der Waals surface area (Å²) in [6.45, 7) is 4.24. The first kappa shape index (κ1) is 2.95. The second kappa shape index (κ2) is 0.618. The third kappa shape index (κ3) is 0.344. The Kier molecular flexibility index (Phi) is 0.365. The standard InChI is InChI=1S/C5H7/c1-4-3-5(4)2/h3H,1-2H3. The van der Waals surface area contributed by atoms with E-state index in [2.05, 4.69) is 19.9 Å². The molecule has 0 saturated carbocycles. The van der Waals surface area contributed by atoms with Crippen molar-refractivity contribution in [3.05, 3.63) is 17.6 Å². The van der Waals surface area contributed by atoms with Crippen LogP contribution in [0.4, 0.5) is 0 Å². The van der Waals surface area contributed by atoms with Crippen LogP contribution < -0.4 is 0 Å². The molecule has 0 bridgehead atoms. The zero-order valence-electron chi connectivity index (χ0n) is 3.58. The molecule has 0 heterocycles. The second-order valence-corrected chi connectivity index (χ2v) is 1.51. The zero-order valence-corrected chi connectivity index (χ0v) is 3.58. The molecule has 0 fully saturated rings. The van der Waals surface area contributed by atoms with Crippen molar-refractivity contribution in [2.75, 3.05) is 0 Å². The highest BCUT2D eigenvalue weighted by Crippen LogP contribution is 2.28. The van der Waals surface area contributed by atoms with Gasteiger partial charge in [-0.2, -0.15) is 0 Å². The molecule has 0 aromatic rings. The Balaban J connectivity index is 2.38. The third-order valence-corrected chi connectivity index (χ3v) is 0.972. The molecule has 0 unspecified atom stereocenters. The van der Waals surface area contributed by atoms with E-state index >= 15 is 0 Å². The average Bonchev–Trinajstić information content (AvgIpc) is 1.79. The molecule has 0 aromatic heterocycles. The van der Waals surface area contributed by atoms with Crippen LogP contribution in [0.2, 0.25) is 0 Å². The van der Waals surface area contributed by atoms with Gasteiger partial charge in [-0.15, -0.1) is 0 Å². The fourth-order valence-electron chi connectivity index (χ4n) is 0.289. The summed E-state index contributed by atoms with van der Waals surface area (Å²) in [6, 6.07) is 0. The lowest BCUT2D eigenvalue weighted by atomic mass is 10.4. The molecule has 27 valence electrons. The lowest BCUT2D eigenvalue weighted by molar-refractivity contribution is 1.40. The third-order valence-electron chi connectivity index (χ3n) is 0.972. The van der Waals surface area contributed by atoms with Crippen molar-refractivity contribution < 1.29 is 0 Å². The summed E-state index contributed by atoms with van der Waals surface area (Å²) in [4.78, 5) is 0. The van der Waals surface area contributed by atoms with Crippen LogP contribution in [0, 0.1) is 5.92 Å². The molecule has 5 heavy (non-hydrogen) atoms. The Bertz CT molecular complexity index is 70.1. The summed E-state index contributed by atoms with van der Waals surface area (Å²) < 4.78 is 0. The lowest BCUT2D eigenvalue weighted by Gasteiger charge is -1.68. The van der Waals surface area contributed by atoms with Crippen LogP contribution in [0.5, 0.6) is 0 Å². The van der Waals surface area contributed by atoms with E-state index in [0.29, 0.717) is 0 Å². The number of rotatable bonds is 0. The van der Waals surface area contributed by atoms with Gasteiger partial charge in [-0.3, -0.25) is 0 Å². The first-order chi connectivity index (χ1) is 2.30. The van der Waals surface area contributed by atoms with Gasteiger partial charge >= 0.3 is 0 Å². The number of allylic oxidation sites excluding steroid dienone is 2. The van der Waals surface area contributed by atoms with Crippen LogP contribution in [-0.4, -0.2) is 0 Å². The van der Waals surface area contributed by atoms with E-state index in [4.69, 9.17) is 0 Å². The second-order valence-electron chi connectivity index (χ2n) is 1.51. The van der Waals surface area contributed by atoms with Crippen molar-refractivity contribution in [2.45, 2.75) is 13.8 Å². The molecule has 0 amide bonds. The molecular weight excluding hydrogens is 60.1 g/mol. The molecule has 1 aliphatic rings. The van der Waals surface area contributed by atoms with Crippen molar-refractivity contribution in [3.8, 4) is 0 Å². The van der Waals surface area contributed by atoms with E-state index in [9.17, 15) is 0 Å². The van der Waals surface area contributed by atoms with Crippen LogP contribution in [0.1, 0.15) is 13.8 Å². The summed E-state index contributed by atoms with van der Waals surface area (Å²) in [6.07, 6.45) is 2.17. The summed E-state index contributed by atoms with van der Waals surface area (Å²) in [5, 5.41) is 0. The van der Waals surface area contributed by atoms with Crippen molar-refractivity contribution in [1.82, 2.24) is 0 Å². The Morgan fingerprint density at radius 2 is 1.60 bits per heavy atom. The van der Waals surface area contributed by atoms with Crippen LogP contribution in [0.25, 0.3) is 0 Å². The quantitative estimate of drug-likeness (QED) is 0.403. The van der Waals surface area contributed by atoms with Crippen molar-refractivity contribution >= 4 is 0 Å². The summed E-state index contributed by atoms with van der Waals surface area (Å²) >= 11 is 0. The van der Waals surface area contributed by atoms with E-state index in [0.717, 1.165) is 0 Å². The molecule has 0 spiro atoms. The topological polar surface area (TPSA) is 0 Å². The highest BCUT2D eigenvalue weighted by atomic mass is 14.2. The van der Waals surface area contributed by atoms with Gasteiger partial charge in [0.2, 0.25) is 0 Å². The SMILES string of the molecule is C[C]1C=C1C. The van der Waals surface area contributed by atoms with Gasteiger partial charge in [0.1, 0.15) is 0 Å². The number of hydrogen-bond acceptors (Lipinski definition) is 0. The molecule has 1 rings (SSSR count). The van der Waals surface area contributed by atoms with Gasteiger partial charge in [0.15, 0.2) is 0 Å². The van der Waals surface area contributed by atoms with E-state index in [1.54, 1.807) is 0 Å². The normalized spacial score (nSPS) is 22.4. The van der Waals surface area contributed by atoms with Crippen molar-refractivity contribution in [3.63, 3.8) is 0 Å².